The number of rotatable bonds is 10. The van der Waals surface area contributed by atoms with Crippen LogP contribution in [0.3, 0.4) is 0 Å². The van der Waals surface area contributed by atoms with Crippen molar-refractivity contribution in [3.05, 3.63) is 70.2 Å². The normalized spacial score (nSPS) is 11.7. The van der Waals surface area contributed by atoms with Crippen LogP contribution in [0.4, 0.5) is 0 Å². The van der Waals surface area contributed by atoms with E-state index in [1.807, 2.05) is 62.4 Å². The number of amides is 2. The number of nitrogens with zero attached hydrogens (tertiary/aromatic N) is 1. The Morgan fingerprint density at radius 2 is 1.86 bits per heavy atom. The number of hydrogen-bond donors (Lipinski definition) is 1. The van der Waals surface area contributed by atoms with Crippen LogP contribution >= 0.6 is 11.6 Å². The van der Waals surface area contributed by atoms with Gasteiger partial charge in [0.05, 0.1) is 6.42 Å². The van der Waals surface area contributed by atoms with Crippen LogP contribution in [0.15, 0.2) is 48.5 Å². The third kappa shape index (κ3) is 6.90. The highest BCUT2D eigenvalue weighted by Gasteiger charge is 2.28. The second-order valence-electron chi connectivity index (χ2n) is 7.35. The Kier molecular flexibility index (Phi) is 9.20. The summed E-state index contributed by atoms with van der Waals surface area (Å²) in [6, 6.07) is 14.8. The summed E-state index contributed by atoms with van der Waals surface area (Å²) in [5.41, 5.74) is 2.89. The van der Waals surface area contributed by atoms with Gasteiger partial charge < -0.3 is 10.2 Å². The van der Waals surface area contributed by atoms with E-state index in [9.17, 15) is 9.59 Å². The lowest BCUT2D eigenvalue weighted by atomic mass is 10.1. The summed E-state index contributed by atoms with van der Waals surface area (Å²) >= 11 is 6.35. The molecule has 4 nitrogen and oxygen atoms in total. The van der Waals surface area contributed by atoms with Crippen molar-refractivity contribution in [2.45, 2.75) is 59.0 Å². The molecule has 0 aromatic heterocycles. The number of carbonyl (C=O) groups is 2. The number of nitrogens with one attached hydrogen (secondary N) is 1. The molecule has 0 aliphatic heterocycles. The van der Waals surface area contributed by atoms with E-state index in [1.54, 1.807) is 4.90 Å². The van der Waals surface area contributed by atoms with E-state index in [1.165, 1.54) is 0 Å². The SMILES string of the molecule is CCCCNC(=O)[C@H](CC)N(Cc1ccccc1Cl)C(=O)Cc1cccc(C)c1. The van der Waals surface area contributed by atoms with Crippen LogP contribution in [0.2, 0.25) is 5.02 Å². The summed E-state index contributed by atoms with van der Waals surface area (Å²) in [6.07, 6.45) is 2.73. The van der Waals surface area contributed by atoms with Crippen LogP contribution < -0.4 is 5.32 Å². The Balaban J connectivity index is 2.26. The first-order chi connectivity index (χ1) is 14.0. The van der Waals surface area contributed by atoms with Gasteiger partial charge in [-0.15, -0.1) is 0 Å². The van der Waals surface area contributed by atoms with Crippen molar-refractivity contribution < 1.29 is 9.59 Å². The van der Waals surface area contributed by atoms with Crippen LogP contribution in [0.1, 0.15) is 49.8 Å². The van der Waals surface area contributed by atoms with Gasteiger partial charge in [0.15, 0.2) is 0 Å². The molecule has 29 heavy (non-hydrogen) atoms. The molecule has 2 rings (SSSR count). The standard InChI is InChI=1S/C24H31ClN2O2/c1-4-6-14-26-24(29)22(5-2)27(17-20-12-7-8-13-21(20)25)23(28)16-19-11-9-10-18(3)15-19/h7-13,15,22H,4-6,14,16-17H2,1-3H3,(H,26,29)/t22-/m0/s1. The van der Waals surface area contributed by atoms with Crippen molar-refractivity contribution in [3.63, 3.8) is 0 Å². The highest BCUT2D eigenvalue weighted by atomic mass is 35.5. The van der Waals surface area contributed by atoms with E-state index < -0.39 is 6.04 Å². The maximum absolute atomic E-state index is 13.3. The Morgan fingerprint density at radius 1 is 1.10 bits per heavy atom. The van der Waals surface area contributed by atoms with Gasteiger partial charge in [0.25, 0.3) is 0 Å². The quantitative estimate of drug-likeness (QED) is 0.561. The van der Waals surface area contributed by atoms with E-state index in [0.29, 0.717) is 24.5 Å². The molecule has 0 fully saturated rings. The van der Waals surface area contributed by atoms with Crippen molar-refractivity contribution in [2.75, 3.05) is 6.54 Å². The summed E-state index contributed by atoms with van der Waals surface area (Å²) < 4.78 is 0. The smallest absolute Gasteiger partial charge is 0.242 e. The number of aryl methyl sites for hydroxylation is 1. The summed E-state index contributed by atoms with van der Waals surface area (Å²) in [4.78, 5) is 27.8. The predicted molar refractivity (Wildman–Crippen MR) is 119 cm³/mol. The zero-order valence-electron chi connectivity index (χ0n) is 17.6. The summed E-state index contributed by atoms with van der Waals surface area (Å²) in [5.74, 6) is -0.182. The van der Waals surface area contributed by atoms with E-state index in [0.717, 1.165) is 29.5 Å². The zero-order valence-corrected chi connectivity index (χ0v) is 18.3. The summed E-state index contributed by atoms with van der Waals surface area (Å²) in [5, 5.41) is 3.58. The molecular formula is C24H31ClN2O2. The number of halogens is 1. The van der Waals surface area contributed by atoms with E-state index in [2.05, 4.69) is 12.2 Å². The van der Waals surface area contributed by atoms with Crippen LogP contribution in [0, 0.1) is 6.92 Å². The first kappa shape index (κ1) is 23.0. The van der Waals surface area contributed by atoms with Gasteiger partial charge in [-0.3, -0.25) is 9.59 Å². The molecule has 1 atom stereocenters. The minimum Gasteiger partial charge on any atom is -0.354 e. The highest BCUT2D eigenvalue weighted by molar-refractivity contribution is 6.31. The molecular weight excluding hydrogens is 384 g/mol. The average molecular weight is 415 g/mol. The average Bonchev–Trinajstić information content (AvgIpc) is 2.69. The maximum atomic E-state index is 13.3. The second kappa shape index (κ2) is 11.6. The number of hydrogen-bond acceptors (Lipinski definition) is 2. The fourth-order valence-electron chi connectivity index (χ4n) is 3.33. The molecule has 2 aromatic rings. The molecule has 2 aromatic carbocycles. The predicted octanol–water partition coefficient (Wildman–Crippen LogP) is 4.91. The molecule has 0 saturated heterocycles. The molecule has 0 aliphatic rings. The van der Waals surface area contributed by atoms with Gasteiger partial charge in [0.1, 0.15) is 6.04 Å². The fraction of sp³-hybridized carbons (Fsp3) is 0.417. The molecule has 1 N–H and O–H groups in total. The van der Waals surface area contributed by atoms with Gasteiger partial charge in [0, 0.05) is 18.1 Å². The largest absolute Gasteiger partial charge is 0.354 e. The number of benzene rings is 2. The Morgan fingerprint density at radius 3 is 2.52 bits per heavy atom. The van der Waals surface area contributed by atoms with Gasteiger partial charge in [-0.2, -0.15) is 0 Å². The highest BCUT2D eigenvalue weighted by Crippen LogP contribution is 2.20. The Labute approximate surface area is 179 Å². The third-order valence-electron chi connectivity index (χ3n) is 4.95. The summed E-state index contributed by atoms with van der Waals surface area (Å²) in [6.45, 7) is 6.95. The van der Waals surface area contributed by atoms with Gasteiger partial charge >= 0.3 is 0 Å². The van der Waals surface area contributed by atoms with Crippen LogP contribution in [-0.2, 0) is 22.6 Å². The van der Waals surface area contributed by atoms with E-state index >= 15 is 0 Å². The Hall–Kier alpha value is -2.33. The fourth-order valence-corrected chi connectivity index (χ4v) is 3.53. The molecule has 0 heterocycles. The first-order valence-electron chi connectivity index (χ1n) is 10.3. The molecule has 2 amide bonds. The maximum Gasteiger partial charge on any atom is 0.242 e. The van der Waals surface area contributed by atoms with Crippen LogP contribution in [-0.4, -0.2) is 29.3 Å². The molecule has 0 radical (unpaired) electrons. The summed E-state index contributed by atoms with van der Waals surface area (Å²) in [7, 11) is 0. The van der Waals surface area contributed by atoms with Crippen molar-refractivity contribution in [3.8, 4) is 0 Å². The number of carbonyl (C=O) groups excluding carboxylic acids is 2. The minimum atomic E-state index is -0.527. The monoisotopic (exact) mass is 414 g/mol. The molecule has 5 heteroatoms. The lowest BCUT2D eigenvalue weighted by Gasteiger charge is -2.31. The Bertz CT molecular complexity index is 822. The molecule has 156 valence electrons. The van der Waals surface area contributed by atoms with Crippen LogP contribution in [0.25, 0.3) is 0 Å². The molecule has 0 bridgehead atoms. The molecule has 0 spiro atoms. The van der Waals surface area contributed by atoms with Crippen LogP contribution in [0.5, 0.6) is 0 Å². The molecule has 0 saturated carbocycles. The number of unbranched alkanes of at least 4 members (excludes halogenated alkanes) is 1. The lowest BCUT2D eigenvalue weighted by molar-refractivity contribution is -0.140. The van der Waals surface area contributed by atoms with Gasteiger partial charge in [0.2, 0.25) is 11.8 Å². The second-order valence-corrected chi connectivity index (χ2v) is 7.75. The topological polar surface area (TPSA) is 49.4 Å². The van der Waals surface area contributed by atoms with Crippen molar-refractivity contribution in [2.24, 2.45) is 0 Å². The van der Waals surface area contributed by atoms with Crippen molar-refractivity contribution >= 4 is 23.4 Å². The van der Waals surface area contributed by atoms with Gasteiger partial charge in [-0.1, -0.05) is 79.9 Å². The van der Waals surface area contributed by atoms with Crippen molar-refractivity contribution in [1.82, 2.24) is 10.2 Å². The molecule has 0 unspecified atom stereocenters. The lowest BCUT2D eigenvalue weighted by Crippen LogP contribution is -2.49. The van der Waals surface area contributed by atoms with E-state index in [-0.39, 0.29) is 18.2 Å². The third-order valence-corrected chi connectivity index (χ3v) is 5.32. The zero-order chi connectivity index (χ0) is 21.2. The van der Waals surface area contributed by atoms with Gasteiger partial charge in [-0.25, -0.2) is 0 Å². The van der Waals surface area contributed by atoms with Gasteiger partial charge in [-0.05, 0) is 37.0 Å². The van der Waals surface area contributed by atoms with E-state index in [4.69, 9.17) is 11.6 Å². The molecule has 0 aliphatic carbocycles. The van der Waals surface area contributed by atoms with Crippen molar-refractivity contribution in [1.29, 1.82) is 0 Å². The first-order valence-corrected chi connectivity index (χ1v) is 10.7. The minimum absolute atomic E-state index is 0.0759.